The van der Waals surface area contributed by atoms with E-state index in [0.717, 1.165) is 0 Å². The molecule has 2 rings (SSSR count). The maximum Gasteiger partial charge on any atom is 0.275 e. The van der Waals surface area contributed by atoms with Crippen molar-refractivity contribution in [3.05, 3.63) is 0 Å². The smallest absolute Gasteiger partial charge is 0.275 e. The molecule has 0 saturated heterocycles. The van der Waals surface area contributed by atoms with E-state index < -0.39 is 0 Å². The standard InChI is InChI=1S/C7H14N9.H2O/c1-5-14-6(8-10-12-14)7-9-11-13-15(7)16(2,3)4;/h5H2,1-4H3;1H2/q+1;/p-1. The predicted molar refractivity (Wildman–Crippen MR) is 57.5 cm³/mol. The van der Waals surface area contributed by atoms with Gasteiger partial charge in [0.1, 0.15) is 0 Å². The fourth-order valence-corrected chi connectivity index (χ4v) is 1.30. The fourth-order valence-electron chi connectivity index (χ4n) is 1.30. The molecule has 0 aliphatic heterocycles. The maximum absolute atomic E-state index is 3.96. The first-order valence-corrected chi connectivity index (χ1v) is 4.91. The number of aryl methyl sites for hydroxylation is 1. The van der Waals surface area contributed by atoms with Crippen LogP contribution in [0.2, 0.25) is 0 Å². The third kappa shape index (κ3) is 2.26. The van der Waals surface area contributed by atoms with Crippen molar-refractivity contribution in [1.82, 2.24) is 45.1 Å². The van der Waals surface area contributed by atoms with Crippen molar-refractivity contribution in [2.75, 3.05) is 21.1 Å². The summed E-state index contributed by atoms with van der Waals surface area (Å²) in [4.78, 5) is 1.65. The average molecular weight is 241 g/mol. The lowest BCUT2D eigenvalue weighted by atomic mass is 10.5. The molecule has 0 spiro atoms. The highest BCUT2D eigenvalue weighted by Gasteiger charge is 2.24. The second-order valence-electron chi connectivity index (χ2n) is 4.15. The summed E-state index contributed by atoms with van der Waals surface area (Å²) in [5, 5.41) is 23.0. The third-order valence-electron chi connectivity index (χ3n) is 2.05. The predicted octanol–water partition coefficient (Wildman–Crippen LogP) is -1.50. The summed E-state index contributed by atoms with van der Waals surface area (Å²) >= 11 is 0. The topological polar surface area (TPSA) is 117 Å². The van der Waals surface area contributed by atoms with Gasteiger partial charge < -0.3 is 5.48 Å². The van der Waals surface area contributed by atoms with Gasteiger partial charge in [-0.25, -0.2) is 9.27 Å². The summed E-state index contributed by atoms with van der Waals surface area (Å²) in [7, 11) is 5.87. The van der Waals surface area contributed by atoms with Gasteiger partial charge in [-0.15, -0.1) is 5.10 Å². The summed E-state index contributed by atoms with van der Waals surface area (Å²) in [5.41, 5.74) is 0. The zero-order valence-electron chi connectivity index (χ0n) is 10.2. The maximum atomic E-state index is 3.96. The molecule has 0 fully saturated rings. The molecule has 2 heterocycles. The Hall–Kier alpha value is -1.94. The number of nitrogens with zero attached hydrogens (tertiary/aromatic N) is 9. The third-order valence-corrected chi connectivity index (χ3v) is 2.05. The molecule has 0 aromatic carbocycles. The van der Waals surface area contributed by atoms with Crippen molar-refractivity contribution in [2.45, 2.75) is 13.5 Å². The van der Waals surface area contributed by atoms with Crippen LogP contribution in [0.5, 0.6) is 0 Å². The Labute approximate surface area is 97.7 Å². The number of quaternary nitrogens is 1. The van der Waals surface area contributed by atoms with Gasteiger partial charge in [-0.05, 0) is 22.6 Å². The minimum absolute atomic E-state index is 0. The van der Waals surface area contributed by atoms with Gasteiger partial charge >= 0.3 is 0 Å². The first-order chi connectivity index (χ1) is 7.54. The Morgan fingerprint density at radius 2 is 1.59 bits per heavy atom. The molecule has 1 N–H and O–H groups in total. The Morgan fingerprint density at radius 1 is 1.00 bits per heavy atom. The van der Waals surface area contributed by atoms with Crippen molar-refractivity contribution in [2.24, 2.45) is 0 Å². The summed E-state index contributed by atoms with van der Waals surface area (Å²) in [6, 6.07) is 0. The number of aromatic nitrogens is 8. The van der Waals surface area contributed by atoms with Crippen LogP contribution < -0.4 is 4.59 Å². The van der Waals surface area contributed by atoms with Crippen molar-refractivity contribution in [1.29, 1.82) is 0 Å². The molecular weight excluding hydrogens is 226 g/mol. The van der Waals surface area contributed by atoms with Gasteiger partial charge in [0.05, 0.1) is 21.1 Å². The minimum Gasteiger partial charge on any atom is -0.870 e. The molecule has 0 aliphatic rings. The van der Waals surface area contributed by atoms with Crippen LogP contribution in [0, 0.1) is 0 Å². The molecule has 17 heavy (non-hydrogen) atoms. The number of tetrazole rings is 2. The van der Waals surface area contributed by atoms with Crippen molar-refractivity contribution < 1.29 is 5.48 Å². The SMILES string of the molecule is CCn1nnnc1-c1nnnn1[N+](C)(C)C.[OH-]. The lowest BCUT2D eigenvalue weighted by Gasteiger charge is -2.21. The van der Waals surface area contributed by atoms with E-state index in [1.54, 1.807) is 9.47 Å². The van der Waals surface area contributed by atoms with E-state index in [1.165, 1.54) is 0 Å². The van der Waals surface area contributed by atoms with Gasteiger partial charge in [0, 0.05) is 11.8 Å². The van der Waals surface area contributed by atoms with E-state index in [4.69, 9.17) is 0 Å². The van der Waals surface area contributed by atoms with Crippen molar-refractivity contribution >= 4 is 0 Å². The van der Waals surface area contributed by atoms with E-state index in [2.05, 4.69) is 31.1 Å². The van der Waals surface area contributed by atoms with E-state index in [0.29, 0.717) is 22.8 Å². The molecule has 10 heteroatoms. The highest BCUT2D eigenvalue weighted by atomic mass is 16.0. The second kappa shape index (κ2) is 4.51. The minimum atomic E-state index is 0. The van der Waals surface area contributed by atoms with Crippen molar-refractivity contribution in [3.8, 4) is 11.6 Å². The number of hydrogen-bond donors (Lipinski definition) is 0. The van der Waals surface area contributed by atoms with Gasteiger partial charge in [0.2, 0.25) is 5.82 Å². The Bertz CT molecular complexity index is 481. The molecule has 0 aliphatic carbocycles. The Kier molecular flexibility index (Phi) is 3.48. The van der Waals surface area contributed by atoms with Crippen LogP contribution in [-0.4, -0.2) is 67.1 Å². The highest BCUT2D eigenvalue weighted by molar-refractivity contribution is 5.40. The first-order valence-electron chi connectivity index (χ1n) is 4.91. The fraction of sp³-hybridized carbons (Fsp3) is 0.714. The highest BCUT2D eigenvalue weighted by Crippen LogP contribution is 2.11. The van der Waals surface area contributed by atoms with Gasteiger partial charge in [-0.3, -0.25) is 0 Å². The molecule has 2 aromatic heterocycles. The van der Waals surface area contributed by atoms with Gasteiger partial charge in [0.25, 0.3) is 5.82 Å². The van der Waals surface area contributed by atoms with Gasteiger partial charge in [-0.1, -0.05) is 9.89 Å². The second-order valence-corrected chi connectivity index (χ2v) is 4.15. The van der Waals surface area contributed by atoms with E-state index in [-0.39, 0.29) is 5.48 Å². The zero-order chi connectivity index (χ0) is 11.8. The van der Waals surface area contributed by atoms with Crippen LogP contribution in [0.15, 0.2) is 0 Å². The molecule has 0 radical (unpaired) electrons. The van der Waals surface area contributed by atoms with Crippen LogP contribution in [0.1, 0.15) is 6.92 Å². The van der Waals surface area contributed by atoms with E-state index in [9.17, 15) is 0 Å². The molecule has 2 aromatic rings. The van der Waals surface area contributed by atoms with E-state index in [1.807, 2.05) is 28.1 Å². The number of hydrogen-bond acceptors (Lipinski definition) is 7. The molecule has 0 amide bonds. The van der Waals surface area contributed by atoms with Crippen molar-refractivity contribution in [3.63, 3.8) is 0 Å². The Morgan fingerprint density at radius 3 is 2.18 bits per heavy atom. The largest absolute Gasteiger partial charge is 0.870 e. The normalized spacial score (nSPS) is 11.3. The quantitative estimate of drug-likeness (QED) is 0.600. The monoisotopic (exact) mass is 241 g/mol. The van der Waals surface area contributed by atoms with Gasteiger partial charge in [-0.2, -0.15) is 0 Å². The Balaban J connectivity index is 0.00000144. The van der Waals surface area contributed by atoms with Crippen LogP contribution >= 0.6 is 0 Å². The summed E-state index contributed by atoms with van der Waals surface area (Å²) in [5.74, 6) is 1.12. The lowest BCUT2D eigenvalue weighted by Crippen LogP contribution is -2.48. The van der Waals surface area contributed by atoms with E-state index >= 15 is 0 Å². The summed E-state index contributed by atoms with van der Waals surface area (Å²) < 4.78 is 2.09. The molecule has 94 valence electrons. The van der Waals surface area contributed by atoms with Crippen LogP contribution in [0.3, 0.4) is 0 Å². The molecular formula is C7H15N9O. The molecule has 0 unspecified atom stereocenters. The first kappa shape index (κ1) is 13.1. The summed E-state index contributed by atoms with van der Waals surface area (Å²) in [6.07, 6.45) is 0. The lowest BCUT2D eigenvalue weighted by molar-refractivity contribution is 0.222. The van der Waals surface area contributed by atoms with Crippen LogP contribution in [-0.2, 0) is 6.54 Å². The van der Waals surface area contributed by atoms with Crippen LogP contribution in [0.4, 0.5) is 0 Å². The molecule has 10 nitrogen and oxygen atoms in total. The van der Waals surface area contributed by atoms with Crippen LogP contribution in [0.25, 0.3) is 11.6 Å². The molecule has 0 bridgehead atoms. The number of rotatable bonds is 3. The zero-order valence-corrected chi connectivity index (χ0v) is 10.2. The summed E-state index contributed by atoms with van der Waals surface area (Å²) in [6.45, 7) is 2.63. The van der Waals surface area contributed by atoms with Gasteiger partial charge in [0.15, 0.2) is 0 Å². The average Bonchev–Trinajstić information content (AvgIpc) is 2.84. The molecule has 0 atom stereocenters. The molecule has 0 saturated carbocycles.